The maximum atomic E-state index is 13.2. The molecule has 5 rings (SSSR count). The van der Waals surface area contributed by atoms with E-state index >= 15 is 0 Å². The first-order valence-corrected chi connectivity index (χ1v) is 12.5. The summed E-state index contributed by atoms with van der Waals surface area (Å²) < 4.78 is 40.1. The van der Waals surface area contributed by atoms with E-state index in [0.29, 0.717) is 54.7 Å². The minimum atomic E-state index is -3.62. The lowest BCUT2D eigenvalue weighted by molar-refractivity contribution is 0.383. The molecule has 0 atom stereocenters. The van der Waals surface area contributed by atoms with Crippen molar-refractivity contribution in [2.45, 2.75) is 11.8 Å². The third kappa shape index (κ3) is 4.15. The second kappa shape index (κ2) is 9.12. The van der Waals surface area contributed by atoms with Gasteiger partial charge >= 0.3 is 0 Å². The van der Waals surface area contributed by atoms with Gasteiger partial charge in [0.15, 0.2) is 17.0 Å². The summed E-state index contributed by atoms with van der Waals surface area (Å²) >= 11 is 0. The molecule has 0 amide bonds. The topological polar surface area (TPSA) is 116 Å². The molecule has 1 aliphatic heterocycles. The first kappa shape index (κ1) is 23.0. The molecule has 0 aliphatic carbocycles. The molecule has 35 heavy (non-hydrogen) atoms. The van der Waals surface area contributed by atoms with Crippen LogP contribution in [-0.4, -0.2) is 78.1 Å². The van der Waals surface area contributed by atoms with Crippen LogP contribution < -0.4 is 14.4 Å². The van der Waals surface area contributed by atoms with E-state index in [1.165, 1.54) is 10.6 Å². The van der Waals surface area contributed by atoms with Crippen LogP contribution in [0.4, 0.5) is 5.82 Å². The number of fused-ring (bicyclic) bond motifs is 1. The van der Waals surface area contributed by atoms with Crippen LogP contribution in [0, 0.1) is 6.92 Å². The number of aryl methyl sites for hydroxylation is 1. The van der Waals surface area contributed by atoms with Gasteiger partial charge in [-0.1, -0.05) is 11.3 Å². The molecule has 182 valence electrons. The number of sulfonamides is 1. The summed E-state index contributed by atoms with van der Waals surface area (Å²) in [6.07, 6.45) is 1.47. The molecule has 1 saturated heterocycles. The Kier molecular flexibility index (Phi) is 5.99. The molecule has 2 aromatic heterocycles. The minimum Gasteiger partial charge on any atom is -0.497 e. The third-order valence-electron chi connectivity index (χ3n) is 6.06. The molecule has 1 fully saturated rings. The van der Waals surface area contributed by atoms with Crippen molar-refractivity contribution in [2.24, 2.45) is 0 Å². The monoisotopic (exact) mass is 495 g/mol. The van der Waals surface area contributed by atoms with Gasteiger partial charge in [-0.2, -0.15) is 8.99 Å². The van der Waals surface area contributed by atoms with Gasteiger partial charge < -0.3 is 14.4 Å². The van der Waals surface area contributed by atoms with E-state index in [2.05, 4.69) is 20.3 Å². The summed E-state index contributed by atoms with van der Waals surface area (Å²) in [4.78, 5) is 11.1. The van der Waals surface area contributed by atoms with Crippen molar-refractivity contribution in [3.63, 3.8) is 0 Å². The molecule has 0 saturated carbocycles. The van der Waals surface area contributed by atoms with Crippen LogP contribution in [0.2, 0.25) is 0 Å². The maximum Gasteiger partial charge on any atom is 0.243 e. The van der Waals surface area contributed by atoms with Crippen molar-refractivity contribution in [2.75, 3.05) is 45.3 Å². The SMILES string of the molecule is COc1cccc(-n2nnc3c(N4CCN(S(=O)(=O)c5ccc(OC)c(C)c5)CC4)ncnc32)c1. The van der Waals surface area contributed by atoms with Crippen LogP contribution in [0.25, 0.3) is 16.9 Å². The zero-order valence-electron chi connectivity index (χ0n) is 19.6. The largest absolute Gasteiger partial charge is 0.497 e. The lowest BCUT2D eigenvalue weighted by Gasteiger charge is -2.34. The van der Waals surface area contributed by atoms with E-state index in [0.717, 1.165) is 11.3 Å². The van der Waals surface area contributed by atoms with Crippen LogP contribution in [0.1, 0.15) is 5.56 Å². The number of benzene rings is 2. The average Bonchev–Trinajstić information content (AvgIpc) is 3.33. The molecule has 11 nitrogen and oxygen atoms in total. The zero-order valence-corrected chi connectivity index (χ0v) is 20.4. The predicted octanol–water partition coefficient (Wildman–Crippen LogP) is 2.05. The highest BCUT2D eigenvalue weighted by molar-refractivity contribution is 7.89. The number of rotatable bonds is 6. The van der Waals surface area contributed by atoms with Gasteiger partial charge in [0.05, 0.1) is 24.8 Å². The van der Waals surface area contributed by atoms with E-state index < -0.39 is 10.0 Å². The van der Waals surface area contributed by atoms with Gasteiger partial charge in [0.2, 0.25) is 10.0 Å². The Hall–Kier alpha value is -3.77. The Balaban J connectivity index is 1.37. The Morgan fingerprint density at radius 1 is 0.943 bits per heavy atom. The van der Waals surface area contributed by atoms with Crippen LogP contribution in [0.5, 0.6) is 11.5 Å². The summed E-state index contributed by atoms with van der Waals surface area (Å²) in [5, 5.41) is 8.61. The van der Waals surface area contributed by atoms with Crippen molar-refractivity contribution in [1.29, 1.82) is 0 Å². The quantitative estimate of drug-likeness (QED) is 0.396. The first-order chi connectivity index (χ1) is 16.9. The number of aromatic nitrogens is 5. The number of ether oxygens (including phenoxy) is 2. The van der Waals surface area contributed by atoms with Crippen molar-refractivity contribution in [3.8, 4) is 17.2 Å². The molecule has 0 N–H and O–H groups in total. The standard InChI is InChI=1S/C23H25N7O4S/c1-16-13-19(7-8-20(16)34-3)35(31,32)29-11-9-28(10-12-29)22-21-23(25-15-24-22)30(27-26-21)17-5-4-6-18(14-17)33-2/h4-8,13-15H,9-12H2,1-3H3. The average molecular weight is 496 g/mol. The van der Waals surface area contributed by atoms with E-state index in [9.17, 15) is 8.42 Å². The number of anilines is 1. The number of nitrogens with zero attached hydrogens (tertiary/aromatic N) is 7. The molecule has 12 heteroatoms. The lowest BCUT2D eigenvalue weighted by Crippen LogP contribution is -2.49. The fourth-order valence-electron chi connectivity index (χ4n) is 4.19. The third-order valence-corrected chi connectivity index (χ3v) is 7.95. The summed E-state index contributed by atoms with van der Waals surface area (Å²) in [6, 6.07) is 12.4. The van der Waals surface area contributed by atoms with Gasteiger partial charge in [-0.3, -0.25) is 0 Å². The van der Waals surface area contributed by atoms with Crippen LogP contribution in [0.15, 0.2) is 53.7 Å². The first-order valence-electron chi connectivity index (χ1n) is 11.0. The molecule has 0 bridgehead atoms. The van der Waals surface area contributed by atoms with E-state index in [4.69, 9.17) is 9.47 Å². The van der Waals surface area contributed by atoms with Gasteiger partial charge in [-0.05, 0) is 42.8 Å². The molecular weight excluding hydrogens is 470 g/mol. The Bertz CT molecular complexity index is 1480. The molecule has 0 radical (unpaired) electrons. The van der Waals surface area contributed by atoms with Crippen molar-refractivity contribution >= 4 is 27.0 Å². The minimum absolute atomic E-state index is 0.259. The number of piperazine rings is 1. The van der Waals surface area contributed by atoms with Crippen molar-refractivity contribution < 1.29 is 17.9 Å². The van der Waals surface area contributed by atoms with Crippen molar-refractivity contribution in [1.82, 2.24) is 29.3 Å². The normalized spacial score (nSPS) is 14.9. The molecule has 2 aromatic carbocycles. The zero-order chi connectivity index (χ0) is 24.6. The van der Waals surface area contributed by atoms with Gasteiger partial charge in [0, 0.05) is 32.2 Å². The van der Waals surface area contributed by atoms with Gasteiger partial charge in [0.1, 0.15) is 17.8 Å². The Labute approximate surface area is 203 Å². The molecule has 0 unspecified atom stereocenters. The summed E-state index contributed by atoms with van der Waals surface area (Å²) in [5.74, 6) is 1.98. The van der Waals surface area contributed by atoms with Gasteiger partial charge in [0.25, 0.3) is 0 Å². The van der Waals surface area contributed by atoms with E-state index in [1.54, 1.807) is 37.1 Å². The fraction of sp³-hybridized carbons (Fsp3) is 0.304. The molecule has 0 spiro atoms. The second-order valence-electron chi connectivity index (χ2n) is 8.09. The lowest BCUT2D eigenvalue weighted by atomic mass is 10.2. The highest BCUT2D eigenvalue weighted by Crippen LogP contribution is 2.27. The van der Waals surface area contributed by atoms with Crippen LogP contribution >= 0.6 is 0 Å². The highest BCUT2D eigenvalue weighted by Gasteiger charge is 2.30. The fourth-order valence-corrected chi connectivity index (χ4v) is 5.69. The van der Waals surface area contributed by atoms with Gasteiger partial charge in [-0.25, -0.2) is 18.4 Å². The highest BCUT2D eigenvalue weighted by atomic mass is 32.2. The number of hydrogen-bond acceptors (Lipinski definition) is 9. The van der Waals surface area contributed by atoms with Crippen molar-refractivity contribution in [3.05, 3.63) is 54.4 Å². The molecule has 3 heterocycles. The molecule has 1 aliphatic rings. The number of hydrogen-bond donors (Lipinski definition) is 0. The summed E-state index contributed by atoms with van der Waals surface area (Å²) in [7, 11) is -0.452. The predicted molar refractivity (Wildman–Crippen MR) is 130 cm³/mol. The van der Waals surface area contributed by atoms with Crippen LogP contribution in [-0.2, 0) is 10.0 Å². The van der Waals surface area contributed by atoms with E-state index in [-0.39, 0.29) is 4.90 Å². The Morgan fingerprint density at radius 2 is 1.74 bits per heavy atom. The van der Waals surface area contributed by atoms with E-state index in [1.807, 2.05) is 36.1 Å². The smallest absolute Gasteiger partial charge is 0.243 e. The Morgan fingerprint density at radius 3 is 2.46 bits per heavy atom. The molecule has 4 aromatic rings. The summed E-state index contributed by atoms with van der Waals surface area (Å²) in [5.41, 5.74) is 2.65. The number of methoxy groups -OCH3 is 2. The molecular formula is C23H25N7O4S. The van der Waals surface area contributed by atoms with Crippen LogP contribution in [0.3, 0.4) is 0 Å². The second-order valence-corrected chi connectivity index (χ2v) is 10.0. The van der Waals surface area contributed by atoms with Gasteiger partial charge in [-0.15, -0.1) is 5.10 Å². The maximum absolute atomic E-state index is 13.2. The summed E-state index contributed by atoms with van der Waals surface area (Å²) in [6.45, 7) is 3.40.